The lowest BCUT2D eigenvalue weighted by molar-refractivity contribution is -0.0856. The Kier molecular flexibility index (Phi) is 5.97. The standard InChI is InChI=1S/C6H6F3N.C5H10/c1-2-3-5(4-10)6(7,8)9;1-5-3-2-4-5/h2-4,10H,1H2;5H,2-4H2,1H3/b5-3+,10-4?;. The molecule has 1 nitrogen and oxygen atoms in total. The van der Waals surface area contributed by atoms with E-state index in [4.69, 9.17) is 5.41 Å². The van der Waals surface area contributed by atoms with Crippen LogP contribution in [0.3, 0.4) is 0 Å². The van der Waals surface area contributed by atoms with Gasteiger partial charge in [-0.25, -0.2) is 0 Å². The molecule has 0 aromatic carbocycles. The molecule has 1 saturated carbocycles. The van der Waals surface area contributed by atoms with Crippen molar-refractivity contribution in [2.75, 3.05) is 0 Å². The van der Waals surface area contributed by atoms with Crippen LogP contribution < -0.4 is 0 Å². The lowest BCUT2D eigenvalue weighted by Crippen LogP contribution is -2.12. The molecule has 0 spiro atoms. The molecule has 1 N–H and O–H groups in total. The van der Waals surface area contributed by atoms with Gasteiger partial charge < -0.3 is 5.41 Å². The van der Waals surface area contributed by atoms with Crippen LogP contribution in [0.25, 0.3) is 0 Å². The summed E-state index contributed by atoms with van der Waals surface area (Å²) in [6, 6.07) is 0. The van der Waals surface area contributed by atoms with Gasteiger partial charge >= 0.3 is 6.18 Å². The minimum Gasteiger partial charge on any atom is -0.308 e. The van der Waals surface area contributed by atoms with E-state index in [9.17, 15) is 13.2 Å². The molecule has 0 aliphatic heterocycles. The minimum atomic E-state index is -4.43. The summed E-state index contributed by atoms with van der Waals surface area (Å²) in [5.74, 6) is 1.06. The molecule has 1 aliphatic carbocycles. The van der Waals surface area contributed by atoms with Crippen molar-refractivity contribution in [3.8, 4) is 0 Å². The van der Waals surface area contributed by atoms with E-state index in [1.165, 1.54) is 19.3 Å². The van der Waals surface area contributed by atoms with Crippen LogP contribution in [0, 0.1) is 11.3 Å². The summed E-state index contributed by atoms with van der Waals surface area (Å²) in [6.45, 7) is 5.39. The van der Waals surface area contributed by atoms with Crippen LogP contribution in [0.1, 0.15) is 26.2 Å². The van der Waals surface area contributed by atoms with Crippen LogP contribution in [-0.2, 0) is 0 Å². The Balaban J connectivity index is 0.000000322. The first kappa shape index (κ1) is 13.9. The normalized spacial score (nSPS) is 17.2. The monoisotopic (exact) mass is 219 g/mol. The molecule has 1 aliphatic rings. The van der Waals surface area contributed by atoms with E-state index < -0.39 is 11.7 Å². The molecule has 0 saturated heterocycles. The topological polar surface area (TPSA) is 23.9 Å². The maximum atomic E-state index is 11.6. The van der Waals surface area contributed by atoms with Crippen molar-refractivity contribution in [2.45, 2.75) is 32.4 Å². The average molecular weight is 219 g/mol. The van der Waals surface area contributed by atoms with Crippen LogP contribution in [0.4, 0.5) is 13.2 Å². The number of hydrogen-bond donors (Lipinski definition) is 1. The maximum Gasteiger partial charge on any atom is 0.417 e. The van der Waals surface area contributed by atoms with Gasteiger partial charge in [0, 0.05) is 6.21 Å². The molecule has 1 fully saturated rings. The Morgan fingerprint density at radius 2 is 1.87 bits per heavy atom. The van der Waals surface area contributed by atoms with E-state index in [1.807, 2.05) is 0 Å². The second-order valence-electron chi connectivity index (χ2n) is 3.54. The quantitative estimate of drug-likeness (QED) is 0.533. The molecule has 1 rings (SSSR count). The lowest BCUT2D eigenvalue weighted by atomic mass is 9.88. The third kappa shape index (κ3) is 6.10. The molecule has 0 bridgehead atoms. The van der Waals surface area contributed by atoms with Gasteiger partial charge in [0.05, 0.1) is 5.57 Å². The molecule has 0 amide bonds. The van der Waals surface area contributed by atoms with E-state index in [0.717, 1.165) is 18.1 Å². The highest BCUT2D eigenvalue weighted by atomic mass is 19.4. The smallest absolute Gasteiger partial charge is 0.308 e. The molecule has 0 aromatic heterocycles. The molecule has 0 unspecified atom stereocenters. The molecule has 86 valence electrons. The number of nitrogens with one attached hydrogen (secondary N) is 1. The SMILES string of the molecule is C=C/C=C(\C=N)C(F)(F)F.CC1CCC1. The third-order valence-electron chi connectivity index (χ3n) is 2.17. The van der Waals surface area contributed by atoms with Gasteiger partial charge in [-0.15, -0.1) is 0 Å². The molecule has 4 heteroatoms. The molecule has 0 aromatic rings. The first-order valence-electron chi connectivity index (χ1n) is 4.82. The van der Waals surface area contributed by atoms with Gasteiger partial charge in [-0.1, -0.05) is 38.8 Å². The summed E-state index contributed by atoms with van der Waals surface area (Å²) >= 11 is 0. The van der Waals surface area contributed by atoms with Crippen LogP contribution in [-0.4, -0.2) is 12.4 Å². The van der Waals surface area contributed by atoms with Crippen molar-refractivity contribution in [1.29, 1.82) is 5.41 Å². The van der Waals surface area contributed by atoms with Crippen LogP contribution in [0.15, 0.2) is 24.3 Å². The summed E-state index contributed by atoms with van der Waals surface area (Å²) in [6.07, 6.45) is 2.01. The van der Waals surface area contributed by atoms with Crippen molar-refractivity contribution in [3.05, 3.63) is 24.3 Å². The first-order valence-corrected chi connectivity index (χ1v) is 4.82. The van der Waals surface area contributed by atoms with Gasteiger partial charge in [0.1, 0.15) is 0 Å². The number of halogens is 3. The minimum absolute atomic E-state index is 0.252. The number of allylic oxidation sites excluding steroid dienone is 3. The highest BCUT2D eigenvalue weighted by Gasteiger charge is 2.31. The molecule has 0 atom stereocenters. The maximum absolute atomic E-state index is 11.6. The largest absolute Gasteiger partial charge is 0.417 e. The predicted octanol–water partition coefficient (Wildman–Crippen LogP) is 4.12. The number of alkyl halides is 3. The summed E-state index contributed by atoms with van der Waals surface area (Å²) < 4.78 is 34.9. The van der Waals surface area contributed by atoms with Gasteiger partial charge in [-0.3, -0.25) is 0 Å². The highest BCUT2D eigenvalue weighted by Crippen LogP contribution is 2.24. The second-order valence-corrected chi connectivity index (χ2v) is 3.54. The van der Waals surface area contributed by atoms with Crippen LogP contribution in [0.2, 0.25) is 0 Å². The summed E-state index contributed by atoms with van der Waals surface area (Å²) in [5.41, 5.74) is -0.998. The van der Waals surface area contributed by atoms with Gasteiger partial charge in [-0.2, -0.15) is 13.2 Å². The fourth-order valence-electron chi connectivity index (χ4n) is 0.964. The molecular formula is C11H16F3N. The Labute approximate surface area is 88.2 Å². The van der Waals surface area contributed by atoms with Crippen LogP contribution >= 0.6 is 0 Å². The van der Waals surface area contributed by atoms with Gasteiger partial charge in [-0.05, 0) is 12.0 Å². The zero-order chi connectivity index (χ0) is 11.9. The summed E-state index contributed by atoms with van der Waals surface area (Å²) in [5, 5.41) is 6.36. The van der Waals surface area contributed by atoms with E-state index in [2.05, 4.69) is 13.5 Å². The van der Waals surface area contributed by atoms with E-state index in [1.54, 1.807) is 0 Å². The van der Waals surface area contributed by atoms with E-state index in [0.29, 0.717) is 0 Å². The molecule has 0 radical (unpaired) electrons. The van der Waals surface area contributed by atoms with Gasteiger partial charge in [0.15, 0.2) is 0 Å². The highest BCUT2D eigenvalue weighted by molar-refractivity contribution is 5.77. The summed E-state index contributed by atoms with van der Waals surface area (Å²) in [7, 11) is 0. The predicted molar refractivity (Wildman–Crippen MR) is 56.1 cm³/mol. The molecule has 0 heterocycles. The average Bonchev–Trinajstić information content (AvgIpc) is 2.10. The summed E-state index contributed by atoms with van der Waals surface area (Å²) in [4.78, 5) is 0. The first-order chi connectivity index (χ1) is 6.91. The van der Waals surface area contributed by atoms with Gasteiger partial charge in [0.2, 0.25) is 0 Å². The van der Waals surface area contributed by atoms with Crippen molar-refractivity contribution >= 4 is 6.21 Å². The zero-order valence-electron chi connectivity index (χ0n) is 8.77. The van der Waals surface area contributed by atoms with Crippen molar-refractivity contribution < 1.29 is 13.2 Å². The second kappa shape index (κ2) is 6.43. The van der Waals surface area contributed by atoms with Gasteiger partial charge in [0.25, 0.3) is 0 Å². The fraction of sp³-hybridized carbons (Fsp3) is 0.545. The van der Waals surface area contributed by atoms with E-state index in [-0.39, 0.29) is 6.21 Å². The Bertz CT molecular complexity index is 237. The molecular weight excluding hydrogens is 203 g/mol. The van der Waals surface area contributed by atoms with Crippen LogP contribution in [0.5, 0.6) is 0 Å². The third-order valence-corrected chi connectivity index (χ3v) is 2.17. The van der Waals surface area contributed by atoms with Crippen molar-refractivity contribution in [1.82, 2.24) is 0 Å². The Morgan fingerprint density at radius 1 is 1.40 bits per heavy atom. The van der Waals surface area contributed by atoms with Crippen molar-refractivity contribution in [2.24, 2.45) is 5.92 Å². The Morgan fingerprint density at radius 3 is 1.93 bits per heavy atom. The molecule has 15 heavy (non-hydrogen) atoms. The Hall–Kier alpha value is -1.06. The number of hydrogen-bond acceptors (Lipinski definition) is 1. The zero-order valence-corrected chi connectivity index (χ0v) is 8.77. The lowest BCUT2D eigenvalue weighted by Gasteiger charge is -2.18. The fourth-order valence-corrected chi connectivity index (χ4v) is 0.964. The number of rotatable bonds is 2. The van der Waals surface area contributed by atoms with E-state index >= 15 is 0 Å². The van der Waals surface area contributed by atoms with Crippen molar-refractivity contribution in [3.63, 3.8) is 0 Å².